The van der Waals surface area contributed by atoms with Gasteiger partial charge < -0.3 is 10.2 Å². The summed E-state index contributed by atoms with van der Waals surface area (Å²) in [4.78, 5) is 19.2. The Kier molecular flexibility index (Phi) is 7.80. The maximum Gasteiger partial charge on any atom is 0.244 e. The summed E-state index contributed by atoms with van der Waals surface area (Å²) in [5.41, 5.74) is 0.418. The van der Waals surface area contributed by atoms with Crippen LogP contribution in [0.25, 0.3) is 0 Å². The fourth-order valence-corrected chi connectivity index (χ4v) is 5.72. The first kappa shape index (κ1) is 23.8. The summed E-state index contributed by atoms with van der Waals surface area (Å²) in [5.74, 6) is 0.548. The molecule has 7 nitrogen and oxygen atoms in total. The molecule has 0 saturated carbocycles. The highest BCUT2D eigenvalue weighted by molar-refractivity contribution is 7.89. The van der Waals surface area contributed by atoms with Gasteiger partial charge in [-0.05, 0) is 43.2 Å². The van der Waals surface area contributed by atoms with Crippen molar-refractivity contribution in [1.29, 1.82) is 0 Å². The minimum Gasteiger partial charge on any atom is -0.357 e. The Morgan fingerprint density at radius 3 is 2.42 bits per heavy atom. The molecule has 1 aliphatic rings. The van der Waals surface area contributed by atoms with Crippen LogP contribution >= 0.6 is 23.2 Å². The molecule has 3 rings (SSSR count). The lowest BCUT2D eigenvalue weighted by Crippen LogP contribution is -2.38. The average molecular weight is 485 g/mol. The van der Waals surface area contributed by atoms with Crippen molar-refractivity contribution >= 4 is 50.6 Å². The number of halogens is 2. The number of amides is 1. The monoisotopic (exact) mass is 484 g/mol. The number of carbonyl (C=O) groups is 1. The second-order valence-electron chi connectivity index (χ2n) is 7.32. The van der Waals surface area contributed by atoms with E-state index in [1.165, 1.54) is 16.4 Å². The van der Waals surface area contributed by atoms with Crippen LogP contribution in [0.1, 0.15) is 26.7 Å². The minimum absolute atomic E-state index is 0.000649. The second-order valence-corrected chi connectivity index (χ2v) is 10.1. The van der Waals surface area contributed by atoms with Crippen LogP contribution in [-0.2, 0) is 14.8 Å². The van der Waals surface area contributed by atoms with Gasteiger partial charge in [0, 0.05) is 44.0 Å². The molecule has 31 heavy (non-hydrogen) atoms. The molecule has 0 bridgehead atoms. The topological polar surface area (TPSA) is 82.6 Å². The fourth-order valence-electron chi connectivity index (χ4n) is 3.65. The van der Waals surface area contributed by atoms with Gasteiger partial charge in [-0.1, -0.05) is 37.0 Å². The maximum atomic E-state index is 12.9. The molecule has 2 aromatic rings. The Morgan fingerprint density at radius 1 is 1.16 bits per heavy atom. The molecule has 1 fully saturated rings. The molecule has 0 spiro atoms. The number of carbonyl (C=O) groups excluding carboxylic acids is 1. The van der Waals surface area contributed by atoms with Crippen LogP contribution in [0.5, 0.6) is 0 Å². The Hall–Kier alpha value is -1.87. The first-order valence-electron chi connectivity index (χ1n) is 10.2. The fraction of sp³-hybridized carbons (Fsp3) is 0.429. The van der Waals surface area contributed by atoms with Gasteiger partial charge in [0.15, 0.2) is 0 Å². The Labute approximate surface area is 193 Å². The molecule has 1 aromatic heterocycles. The van der Waals surface area contributed by atoms with Crippen LogP contribution in [0.2, 0.25) is 10.0 Å². The predicted molar refractivity (Wildman–Crippen MR) is 124 cm³/mol. The van der Waals surface area contributed by atoms with E-state index < -0.39 is 10.0 Å². The number of sulfonamides is 1. The number of anilines is 2. The number of hydrogen-bond donors (Lipinski definition) is 1. The third-order valence-corrected chi connectivity index (χ3v) is 8.18. The van der Waals surface area contributed by atoms with Crippen molar-refractivity contribution in [3.8, 4) is 0 Å². The molecule has 2 heterocycles. The molecule has 1 aliphatic heterocycles. The van der Waals surface area contributed by atoms with E-state index in [-0.39, 0.29) is 21.7 Å². The molecule has 1 saturated heterocycles. The van der Waals surface area contributed by atoms with Gasteiger partial charge in [-0.25, -0.2) is 13.4 Å². The Bertz CT molecular complexity index is 1020. The molecule has 1 aromatic carbocycles. The zero-order chi connectivity index (χ0) is 22.6. The van der Waals surface area contributed by atoms with E-state index in [0.717, 1.165) is 5.82 Å². The lowest BCUT2D eigenvalue weighted by molar-refractivity contribution is -0.120. The SMILES string of the molecule is CCN(CC)S(=O)(=O)c1cc(NC(=O)C2CCN(c3ccc(Cl)cn3)CC2)ccc1Cl. The first-order chi connectivity index (χ1) is 14.8. The zero-order valence-electron chi connectivity index (χ0n) is 17.5. The van der Waals surface area contributed by atoms with Crippen molar-refractivity contribution in [3.63, 3.8) is 0 Å². The molecule has 168 valence electrons. The zero-order valence-corrected chi connectivity index (χ0v) is 19.8. The molecular weight excluding hydrogens is 459 g/mol. The molecule has 0 aliphatic carbocycles. The number of piperidine rings is 1. The van der Waals surface area contributed by atoms with E-state index in [0.29, 0.717) is 49.7 Å². The number of rotatable bonds is 7. The van der Waals surface area contributed by atoms with E-state index in [9.17, 15) is 13.2 Å². The third-order valence-electron chi connectivity index (χ3n) is 5.42. The van der Waals surface area contributed by atoms with Crippen molar-refractivity contribution in [1.82, 2.24) is 9.29 Å². The van der Waals surface area contributed by atoms with E-state index >= 15 is 0 Å². The smallest absolute Gasteiger partial charge is 0.244 e. The van der Waals surface area contributed by atoms with Crippen LogP contribution < -0.4 is 10.2 Å². The average Bonchev–Trinajstić information content (AvgIpc) is 2.76. The van der Waals surface area contributed by atoms with Crippen molar-refractivity contribution in [2.45, 2.75) is 31.6 Å². The van der Waals surface area contributed by atoms with Gasteiger partial charge in [-0.2, -0.15) is 4.31 Å². The molecule has 0 unspecified atom stereocenters. The predicted octanol–water partition coefficient (Wildman–Crippen LogP) is 4.27. The van der Waals surface area contributed by atoms with Crippen molar-refractivity contribution in [2.24, 2.45) is 5.92 Å². The lowest BCUT2D eigenvalue weighted by atomic mass is 9.96. The Morgan fingerprint density at radius 2 is 1.84 bits per heavy atom. The number of nitrogens with one attached hydrogen (secondary N) is 1. The Balaban J connectivity index is 1.67. The van der Waals surface area contributed by atoms with Crippen LogP contribution in [0.3, 0.4) is 0 Å². The molecule has 0 radical (unpaired) electrons. The molecule has 10 heteroatoms. The molecule has 0 atom stereocenters. The summed E-state index contributed by atoms with van der Waals surface area (Å²) in [6.45, 7) is 5.63. The van der Waals surface area contributed by atoms with Gasteiger partial charge in [0.2, 0.25) is 15.9 Å². The highest BCUT2D eigenvalue weighted by Gasteiger charge is 2.27. The number of benzene rings is 1. The van der Waals surface area contributed by atoms with E-state index in [2.05, 4.69) is 15.2 Å². The van der Waals surface area contributed by atoms with Crippen molar-refractivity contribution < 1.29 is 13.2 Å². The molecular formula is C21H26Cl2N4O3S. The highest BCUT2D eigenvalue weighted by Crippen LogP contribution is 2.29. The number of pyridine rings is 1. The summed E-state index contributed by atoms with van der Waals surface area (Å²) in [6, 6.07) is 8.22. The largest absolute Gasteiger partial charge is 0.357 e. The quantitative estimate of drug-likeness (QED) is 0.633. The van der Waals surface area contributed by atoms with Gasteiger partial charge in [0.1, 0.15) is 10.7 Å². The van der Waals surface area contributed by atoms with Gasteiger partial charge >= 0.3 is 0 Å². The summed E-state index contributed by atoms with van der Waals surface area (Å²) in [5, 5.41) is 3.58. The van der Waals surface area contributed by atoms with Crippen molar-refractivity contribution in [2.75, 3.05) is 36.4 Å². The lowest BCUT2D eigenvalue weighted by Gasteiger charge is -2.32. The highest BCUT2D eigenvalue weighted by atomic mass is 35.5. The van der Waals surface area contributed by atoms with E-state index in [4.69, 9.17) is 23.2 Å². The molecule has 1 amide bonds. The molecule has 1 N–H and O–H groups in total. The van der Waals surface area contributed by atoms with Gasteiger partial charge in [-0.3, -0.25) is 4.79 Å². The summed E-state index contributed by atoms with van der Waals surface area (Å²) in [7, 11) is -3.73. The summed E-state index contributed by atoms with van der Waals surface area (Å²) in [6.07, 6.45) is 2.96. The van der Waals surface area contributed by atoms with Gasteiger partial charge in [0.05, 0.1) is 10.0 Å². The standard InChI is InChI=1S/C21H26Cl2N4O3S/c1-3-27(4-2)31(29,30)19-13-17(6-7-18(19)23)25-21(28)15-9-11-26(12-10-15)20-8-5-16(22)14-24-20/h5-8,13-15H,3-4,9-12H2,1-2H3,(H,25,28). The van der Waals surface area contributed by atoms with Crippen LogP contribution in [0.4, 0.5) is 11.5 Å². The van der Waals surface area contributed by atoms with E-state index in [1.54, 1.807) is 32.2 Å². The van der Waals surface area contributed by atoms with E-state index in [1.807, 2.05) is 6.07 Å². The summed E-state index contributed by atoms with van der Waals surface area (Å²) < 4.78 is 27.0. The summed E-state index contributed by atoms with van der Waals surface area (Å²) >= 11 is 12.1. The van der Waals surface area contributed by atoms with Crippen LogP contribution in [0, 0.1) is 5.92 Å². The van der Waals surface area contributed by atoms with Crippen LogP contribution in [0.15, 0.2) is 41.4 Å². The maximum absolute atomic E-state index is 12.9. The van der Waals surface area contributed by atoms with Gasteiger partial charge in [0.25, 0.3) is 0 Å². The minimum atomic E-state index is -3.73. The van der Waals surface area contributed by atoms with Crippen LogP contribution in [-0.4, -0.2) is 49.8 Å². The second kappa shape index (κ2) is 10.2. The third kappa shape index (κ3) is 5.49. The number of aromatic nitrogens is 1. The number of nitrogens with zero attached hydrogens (tertiary/aromatic N) is 3. The number of hydrogen-bond acceptors (Lipinski definition) is 5. The first-order valence-corrected chi connectivity index (χ1v) is 12.4. The normalized spacial score (nSPS) is 15.3. The van der Waals surface area contributed by atoms with Gasteiger partial charge in [-0.15, -0.1) is 0 Å². The van der Waals surface area contributed by atoms with Crippen molar-refractivity contribution in [3.05, 3.63) is 46.6 Å².